The maximum atomic E-state index is 10.6. The number of hydrogen-bond donors (Lipinski definition) is 2. The highest BCUT2D eigenvalue weighted by molar-refractivity contribution is 9.10. The van der Waals surface area contributed by atoms with Crippen molar-refractivity contribution >= 4 is 44.0 Å². The van der Waals surface area contributed by atoms with Gasteiger partial charge in [-0.2, -0.15) is 5.10 Å². The number of aromatic nitrogens is 5. The van der Waals surface area contributed by atoms with E-state index in [0.29, 0.717) is 11.5 Å². The Balaban J connectivity index is 1.88. The molecular formula is C15H10BrN5O3. The predicted molar refractivity (Wildman–Crippen MR) is 89.6 cm³/mol. The van der Waals surface area contributed by atoms with E-state index in [0.717, 1.165) is 26.6 Å². The van der Waals surface area contributed by atoms with Crippen LogP contribution in [0.2, 0.25) is 0 Å². The topological polar surface area (TPSA) is 106 Å². The number of halogens is 1. The minimum absolute atomic E-state index is 0.103. The summed E-state index contributed by atoms with van der Waals surface area (Å²) in [7, 11) is 0. The fourth-order valence-corrected chi connectivity index (χ4v) is 3.02. The van der Waals surface area contributed by atoms with E-state index in [4.69, 9.17) is 5.11 Å². The van der Waals surface area contributed by atoms with Gasteiger partial charge >= 0.3 is 6.16 Å². The fraction of sp³-hybridized carbons (Fsp3) is 0.0667. The molecule has 3 heterocycles. The Hall–Kier alpha value is -2.94. The number of carboxylic acid groups (broad SMARTS) is 1. The molecule has 8 nitrogen and oxygen atoms in total. The Bertz CT molecular complexity index is 1100. The zero-order chi connectivity index (χ0) is 16.8. The molecule has 0 aliphatic carbocycles. The van der Waals surface area contributed by atoms with Crippen molar-refractivity contribution < 1.29 is 14.6 Å². The van der Waals surface area contributed by atoms with Crippen LogP contribution in [0.25, 0.3) is 27.9 Å². The van der Waals surface area contributed by atoms with E-state index in [-0.39, 0.29) is 5.75 Å². The fourth-order valence-electron chi connectivity index (χ4n) is 2.49. The number of pyridine rings is 1. The normalized spacial score (nSPS) is 11.2. The highest BCUT2D eigenvalue weighted by Gasteiger charge is 2.14. The zero-order valence-electron chi connectivity index (χ0n) is 12.3. The molecule has 1 aromatic carbocycles. The minimum atomic E-state index is -1.40. The average molecular weight is 388 g/mol. The zero-order valence-corrected chi connectivity index (χ0v) is 13.9. The van der Waals surface area contributed by atoms with Crippen LogP contribution >= 0.6 is 15.9 Å². The van der Waals surface area contributed by atoms with Crippen LogP contribution in [0.5, 0.6) is 5.75 Å². The first kappa shape index (κ1) is 14.6. The molecule has 0 radical (unpaired) electrons. The maximum Gasteiger partial charge on any atom is 0.511 e. The first-order chi connectivity index (χ1) is 11.5. The summed E-state index contributed by atoms with van der Waals surface area (Å²) in [6, 6.07) is 5.83. The molecule has 0 fully saturated rings. The van der Waals surface area contributed by atoms with Crippen molar-refractivity contribution in [2.75, 3.05) is 0 Å². The number of aryl methyl sites for hydroxylation is 1. The third kappa shape index (κ3) is 2.38. The van der Waals surface area contributed by atoms with E-state index in [1.165, 1.54) is 17.1 Å². The predicted octanol–water partition coefficient (Wildman–Crippen LogP) is 3.42. The number of benzene rings is 1. The van der Waals surface area contributed by atoms with E-state index in [1.807, 2.05) is 25.1 Å². The van der Waals surface area contributed by atoms with Gasteiger partial charge in [-0.15, -0.1) is 0 Å². The summed E-state index contributed by atoms with van der Waals surface area (Å²) >= 11 is 3.54. The molecule has 0 unspecified atom stereocenters. The molecule has 0 saturated carbocycles. The molecule has 0 atom stereocenters. The molecular weight excluding hydrogens is 378 g/mol. The molecule has 0 aliphatic rings. The molecule has 4 rings (SSSR count). The lowest BCUT2D eigenvalue weighted by atomic mass is 10.1. The van der Waals surface area contributed by atoms with Crippen LogP contribution < -0.4 is 4.74 Å². The third-order valence-corrected chi connectivity index (χ3v) is 4.12. The second-order valence-corrected chi connectivity index (χ2v) is 6.02. The Morgan fingerprint density at radius 2 is 2.21 bits per heavy atom. The number of nitrogens with one attached hydrogen (secondary N) is 1. The molecule has 0 bridgehead atoms. The van der Waals surface area contributed by atoms with Crippen LogP contribution in [0.1, 0.15) is 5.69 Å². The van der Waals surface area contributed by atoms with Gasteiger partial charge in [0.25, 0.3) is 5.95 Å². The number of fused-ring (bicyclic) bond motifs is 3. The van der Waals surface area contributed by atoms with Gasteiger partial charge in [-0.05, 0) is 41.1 Å². The summed E-state index contributed by atoms with van der Waals surface area (Å²) in [5.74, 6) is 0.441. The first-order valence-corrected chi connectivity index (χ1v) is 7.72. The first-order valence-electron chi connectivity index (χ1n) is 6.92. The molecule has 0 amide bonds. The largest absolute Gasteiger partial charge is 0.511 e. The number of aromatic amines is 1. The number of hydrogen-bond acceptors (Lipinski definition) is 5. The number of rotatable bonds is 2. The second kappa shape index (κ2) is 5.31. The van der Waals surface area contributed by atoms with Crippen LogP contribution in [0.15, 0.2) is 35.1 Å². The van der Waals surface area contributed by atoms with Crippen LogP contribution in [-0.4, -0.2) is 36.0 Å². The van der Waals surface area contributed by atoms with Gasteiger partial charge in [-0.3, -0.25) is 0 Å². The SMILES string of the molecule is Cc1ccc2c([nH]1)c(Br)cc1nc(-n3cc(OC(=O)O)cn3)nc12. The molecule has 3 aromatic heterocycles. The number of carbonyl (C=O) groups is 1. The quantitative estimate of drug-likeness (QED) is 0.510. The Kier molecular flexibility index (Phi) is 3.24. The van der Waals surface area contributed by atoms with Crippen molar-refractivity contribution in [1.82, 2.24) is 24.7 Å². The minimum Gasteiger partial charge on any atom is -0.449 e. The van der Waals surface area contributed by atoms with E-state index in [9.17, 15) is 4.79 Å². The summed E-state index contributed by atoms with van der Waals surface area (Å²) < 4.78 is 6.81. The molecule has 24 heavy (non-hydrogen) atoms. The molecule has 0 aliphatic heterocycles. The van der Waals surface area contributed by atoms with Crippen molar-refractivity contribution in [3.05, 3.63) is 40.8 Å². The van der Waals surface area contributed by atoms with Gasteiger partial charge in [0.05, 0.1) is 23.4 Å². The number of H-pyrrole nitrogens is 1. The van der Waals surface area contributed by atoms with E-state index in [2.05, 4.69) is 40.7 Å². The van der Waals surface area contributed by atoms with Gasteiger partial charge in [-0.25, -0.2) is 19.4 Å². The van der Waals surface area contributed by atoms with E-state index < -0.39 is 6.16 Å². The monoisotopic (exact) mass is 387 g/mol. The number of imidazole rings is 1. The number of nitrogens with zero attached hydrogens (tertiary/aromatic N) is 4. The molecule has 2 N–H and O–H groups in total. The van der Waals surface area contributed by atoms with Crippen LogP contribution in [0.4, 0.5) is 4.79 Å². The van der Waals surface area contributed by atoms with Crippen molar-refractivity contribution in [3.8, 4) is 11.7 Å². The van der Waals surface area contributed by atoms with Gasteiger partial charge in [0.1, 0.15) is 5.52 Å². The van der Waals surface area contributed by atoms with Crippen LogP contribution in [-0.2, 0) is 0 Å². The summed E-state index contributed by atoms with van der Waals surface area (Å²) in [4.78, 5) is 22.8. The van der Waals surface area contributed by atoms with Crippen molar-refractivity contribution in [2.45, 2.75) is 6.92 Å². The highest BCUT2D eigenvalue weighted by atomic mass is 79.9. The molecule has 9 heteroatoms. The van der Waals surface area contributed by atoms with Crippen LogP contribution in [0, 0.1) is 6.92 Å². The maximum absolute atomic E-state index is 10.6. The summed E-state index contributed by atoms with van der Waals surface area (Å²) in [5, 5.41) is 13.6. The van der Waals surface area contributed by atoms with Gasteiger partial charge in [-0.1, -0.05) is 0 Å². The van der Waals surface area contributed by atoms with E-state index >= 15 is 0 Å². The van der Waals surface area contributed by atoms with Crippen LogP contribution in [0.3, 0.4) is 0 Å². The van der Waals surface area contributed by atoms with Crippen molar-refractivity contribution in [3.63, 3.8) is 0 Å². The van der Waals surface area contributed by atoms with Gasteiger partial charge in [0.2, 0.25) is 0 Å². The summed E-state index contributed by atoms with van der Waals surface area (Å²) in [5.41, 5.74) is 3.41. The van der Waals surface area contributed by atoms with Gasteiger partial charge < -0.3 is 14.8 Å². The lowest BCUT2D eigenvalue weighted by Gasteiger charge is -2.03. The Morgan fingerprint density at radius 1 is 1.38 bits per heavy atom. The molecule has 0 saturated heterocycles. The van der Waals surface area contributed by atoms with Gasteiger partial charge in [0, 0.05) is 15.6 Å². The Labute approximate surface area is 143 Å². The lowest BCUT2D eigenvalue weighted by molar-refractivity contribution is 0.144. The summed E-state index contributed by atoms with van der Waals surface area (Å²) in [6.07, 6.45) is 1.31. The average Bonchev–Trinajstić information content (AvgIpc) is 3.13. The van der Waals surface area contributed by atoms with E-state index in [1.54, 1.807) is 0 Å². The van der Waals surface area contributed by atoms with Crippen molar-refractivity contribution in [1.29, 1.82) is 0 Å². The third-order valence-electron chi connectivity index (χ3n) is 3.49. The highest BCUT2D eigenvalue weighted by Crippen LogP contribution is 2.30. The summed E-state index contributed by atoms with van der Waals surface area (Å²) in [6.45, 7) is 1.98. The molecule has 4 aromatic rings. The smallest absolute Gasteiger partial charge is 0.449 e. The standard InChI is InChI=1S/C15H10BrN5O3/c1-7-2-3-9-12(18-7)10(16)4-11-13(9)20-14(19-11)21-6-8(5-17-21)24-15(22)23/h2-6,18H,1H3,(H,22,23). The second-order valence-electron chi connectivity index (χ2n) is 5.17. The molecule has 120 valence electrons. The number of ether oxygens (including phenoxy) is 1. The lowest BCUT2D eigenvalue weighted by Crippen LogP contribution is -2.02. The van der Waals surface area contributed by atoms with Gasteiger partial charge in [0.15, 0.2) is 5.75 Å². The molecule has 0 spiro atoms. The van der Waals surface area contributed by atoms with Crippen molar-refractivity contribution in [2.24, 2.45) is 0 Å². The Morgan fingerprint density at radius 3 is 3.00 bits per heavy atom.